The van der Waals surface area contributed by atoms with Crippen LogP contribution in [0.1, 0.15) is 5.56 Å². The van der Waals surface area contributed by atoms with Gasteiger partial charge in [-0.15, -0.1) is 0 Å². The zero-order valence-corrected chi connectivity index (χ0v) is 14.2. The van der Waals surface area contributed by atoms with Crippen LogP contribution in [0.15, 0.2) is 36.4 Å². The molecule has 0 unspecified atom stereocenters. The number of carbonyl (C=O) groups excluding carboxylic acids is 1. The first-order valence-electron chi connectivity index (χ1n) is 7.87. The maximum absolute atomic E-state index is 13.2. The van der Waals surface area contributed by atoms with Gasteiger partial charge in [0.15, 0.2) is 16.8 Å². The Labute approximate surface area is 147 Å². The largest absolute Gasteiger partial charge is 0.346 e. The minimum atomic E-state index is -0.974. The number of nitrogens with one attached hydrogen (secondary N) is 1. The Bertz CT molecular complexity index is 966. The molecule has 128 valence electrons. The van der Waals surface area contributed by atoms with Gasteiger partial charge in [0.25, 0.3) is 0 Å². The number of fused-ring (bicyclic) bond motifs is 1. The van der Waals surface area contributed by atoms with E-state index in [1.807, 2.05) is 19.1 Å². The van der Waals surface area contributed by atoms with E-state index in [-0.39, 0.29) is 17.5 Å². The second kappa shape index (κ2) is 6.07. The van der Waals surface area contributed by atoms with E-state index < -0.39 is 11.6 Å². The third-order valence-electron chi connectivity index (χ3n) is 4.24. The third-order valence-corrected chi connectivity index (χ3v) is 5.32. The summed E-state index contributed by atoms with van der Waals surface area (Å²) in [5, 5.41) is 3.53. The van der Waals surface area contributed by atoms with Gasteiger partial charge in [0, 0.05) is 24.8 Å². The summed E-state index contributed by atoms with van der Waals surface area (Å²) in [7, 11) is 0. The van der Waals surface area contributed by atoms with Crippen LogP contribution in [-0.2, 0) is 4.79 Å². The monoisotopic (exact) mass is 359 g/mol. The van der Waals surface area contributed by atoms with Crippen molar-refractivity contribution in [3.63, 3.8) is 0 Å². The lowest BCUT2D eigenvalue weighted by molar-refractivity contribution is -0.120. The number of nitrogens with zero attached hydrogens (tertiary/aromatic N) is 2. The molecule has 0 aliphatic carbocycles. The van der Waals surface area contributed by atoms with E-state index >= 15 is 0 Å². The SMILES string of the molecule is Cc1ccc2nc(N3CC(C(=O)Nc4ccc(F)c(F)c4)C3)sc2c1. The molecule has 3 aromatic rings. The van der Waals surface area contributed by atoms with Gasteiger partial charge in [-0.2, -0.15) is 0 Å². The van der Waals surface area contributed by atoms with Crippen LogP contribution in [0.2, 0.25) is 0 Å². The fourth-order valence-electron chi connectivity index (χ4n) is 2.77. The molecule has 0 spiro atoms. The van der Waals surface area contributed by atoms with Gasteiger partial charge in [-0.05, 0) is 36.8 Å². The molecule has 2 heterocycles. The van der Waals surface area contributed by atoms with E-state index in [9.17, 15) is 13.6 Å². The summed E-state index contributed by atoms with van der Waals surface area (Å²) in [4.78, 5) is 18.9. The number of thiazole rings is 1. The molecule has 0 atom stereocenters. The molecule has 1 fully saturated rings. The molecular formula is C18H15F2N3OS. The topological polar surface area (TPSA) is 45.2 Å². The highest BCUT2D eigenvalue weighted by atomic mass is 32.1. The highest BCUT2D eigenvalue weighted by Crippen LogP contribution is 2.33. The van der Waals surface area contributed by atoms with Crippen molar-refractivity contribution in [3.8, 4) is 0 Å². The van der Waals surface area contributed by atoms with Crippen molar-refractivity contribution in [3.05, 3.63) is 53.6 Å². The number of rotatable bonds is 3. The zero-order chi connectivity index (χ0) is 17.6. The molecule has 1 saturated heterocycles. The molecule has 1 aliphatic rings. The summed E-state index contributed by atoms with van der Waals surface area (Å²) < 4.78 is 27.3. The summed E-state index contributed by atoms with van der Waals surface area (Å²) in [6.07, 6.45) is 0. The van der Waals surface area contributed by atoms with Crippen LogP contribution in [0.4, 0.5) is 19.6 Å². The molecular weight excluding hydrogens is 344 g/mol. The predicted octanol–water partition coefficient (Wildman–Crippen LogP) is 3.96. The van der Waals surface area contributed by atoms with Gasteiger partial charge >= 0.3 is 0 Å². The smallest absolute Gasteiger partial charge is 0.231 e. The molecule has 1 amide bonds. The van der Waals surface area contributed by atoms with Crippen LogP contribution in [-0.4, -0.2) is 24.0 Å². The number of benzene rings is 2. The van der Waals surface area contributed by atoms with E-state index in [0.29, 0.717) is 13.1 Å². The van der Waals surface area contributed by atoms with Crippen molar-refractivity contribution in [1.29, 1.82) is 0 Å². The fourth-order valence-corrected chi connectivity index (χ4v) is 3.86. The highest BCUT2D eigenvalue weighted by Gasteiger charge is 2.34. The van der Waals surface area contributed by atoms with E-state index in [2.05, 4.69) is 21.3 Å². The van der Waals surface area contributed by atoms with E-state index in [4.69, 9.17) is 0 Å². The molecule has 25 heavy (non-hydrogen) atoms. The van der Waals surface area contributed by atoms with Crippen molar-refractivity contribution in [2.45, 2.75) is 6.92 Å². The lowest BCUT2D eigenvalue weighted by atomic mass is 10.00. The van der Waals surface area contributed by atoms with Crippen LogP contribution < -0.4 is 10.2 Å². The summed E-state index contributed by atoms with van der Waals surface area (Å²) in [5.41, 5.74) is 2.41. The number of hydrogen-bond donors (Lipinski definition) is 1. The number of halogens is 2. The average molecular weight is 359 g/mol. The van der Waals surface area contributed by atoms with Gasteiger partial charge < -0.3 is 10.2 Å². The Morgan fingerprint density at radius 3 is 2.76 bits per heavy atom. The van der Waals surface area contributed by atoms with Crippen LogP contribution in [0.3, 0.4) is 0 Å². The minimum absolute atomic E-state index is 0.193. The van der Waals surface area contributed by atoms with Crippen molar-refractivity contribution in [1.82, 2.24) is 4.98 Å². The maximum atomic E-state index is 13.2. The first kappa shape index (κ1) is 16.0. The van der Waals surface area contributed by atoms with E-state index in [1.54, 1.807) is 11.3 Å². The average Bonchev–Trinajstić information content (AvgIpc) is 2.92. The van der Waals surface area contributed by atoms with Crippen LogP contribution in [0.25, 0.3) is 10.2 Å². The normalized spacial score (nSPS) is 14.6. The molecule has 0 radical (unpaired) electrons. The number of anilines is 2. The second-order valence-electron chi connectivity index (χ2n) is 6.19. The van der Waals surface area contributed by atoms with Crippen molar-refractivity contribution in [2.24, 2.45) is 5.92 Å². The molecule has 4 nitrogen and oxygen atoms in total. The molecule has 4 rings (SSSR count). The summed E-state index contributed by atoms with van der Waals surface area (Å²) in [6, 6.07) is 9.46. The van der Waals surface area contributed by atoms with Crippen LogP contribution in [0.5, 0.6) is 0 Å². The maximum Gasteiger partial charge on any atom is 0.231 e. The zero-order valence-electron chi connectivity index (χ0n) is 13.4. The lowest BCUT2D eigenvalue weighted by Gasteiger charge is -2.37. The Hall–Kier alpha value is -2.54. The first-order chi connectivity index (χ1) is 12.0. The summed E-state index contributed by atoms with van der Waals surface area (Å²) >= 11 is 1.61. The predicted molar refractivity (Wildman–Crippen MR) is 95.0 cm³/mol. The Morgan fingerprint density at radius 2 is 2.00 bits per heavy atom. The van der Waals surface area contributed by atoms with Crippen LogP contribution in [0, 0.1) is 24.5 Å². The molecule has 1 aliphatic heterocycles. The second-order valence-corrected chi connectivity index (χ2v) is 7.20. The van der Waals surface area contributed by atoms with Gasteiger partial charge in [-0.3, -0.25) is 4.79 Å². The highest BCUT2D eigenvalue weighted by molar-refractivity contribution is 7.22. The van der Waals surface area contributed by atoms with Crippen LogP contribution >= 0.6 is 11.3 Å². The van der Waals surface area contributed by atoms with Gasteiger partial charge in [0.1, 0.15) is 0 Å². The molecule has 2 aromatic carbocycles. The number of amides is 1. The summed E-state index contributed by atoms with van der Waals surface area (Å²) in [6.45, 7) is 3.17. The molecule has 1 N–H and O–H groups in total. The quantitative estimate of drug-likeness (QED) is 0.770. The van der Waals surface area contributed by atoms with Gasteiger partial charge in [-0.25, -0.2) is 13.8 Å². The van der Waals surface area contributed by atoms with Gasteiger partial charge in [0.2, 0.25) is 5.91 Å². The molecule has 1 aromatic heterocycles. The van der Waals surface area contributed by atoms with E-state index in [1.165, 1.54) is 11.6 Å². The fraction of sp³-hybridized carbons (Fsp3) is 0.222. The van der Waals surface area contributed by atoms with Crippen molar-refractivity contribution >= 4 is 38.3 Å². The molecule has 0 saturated carbocycles. The van der Waals surface area contributed by atoms with E-state index in [0.717, 1.165) is 27.5 Å². The number of aromatic nitrogens is 1. The molecule has 7 heteroatoms. The van der Waals surface area contributed by atoms with Crippen molar-refractivity contribution < 1.29 is 13.6 Å². The Balaban J connectivity index is 1.40. The van der Waals surface area contributed by atoms with Gasteiger partial charge in [0.05, 0.1) is 16.1 Å². The number of hydrogen-bond acceptors (Lipinski definition) is 4. The minimum Gasteiger partial charge on any atom is -0.346 e. The standard InChI is InChI=1S/C18H15F2N3OS/c1-10-2-5-15-16(6-10)25-18(22-15)23-8-11(9-23)17(24)21-12-3-4-13(19)14(20)7-12/h2-7,11H,8-9H2,1H3,(H,21,24). The number of carbonyl (C=O) groups is 1. The first-order valence-corrected chi connectivity index (χ1v) is 8.69. The third kappa shape index (κ3) is 3.07. The lowest BCUT2D eigenvalue weighted by Crippen LogP contribution is -2.52. The van der Waals surface area contributed by atoms with Crippen molar-refractivity contribution in [2.75, 3.05) is 23.3 Å². The number of aryl methyl sites for hydroxylation is 1. The van der Waals surface area contributed by atoms with Gasteiger partial charge in [-0.1, -0.05) is 17.4 Å². The molecule has 0 bridgehead atoms. The Kier molecular flexibility index (Phi) is 3.88. The Morgan fingerprint density at radius 1 is 1.20 bits per heavy atom. The summed E-state index contributed by atoms with van der Waals surface area (Å²) in [5.74, 6) is -2.29.